The highest BCUT2D eigenvalue weighted by atomic mass is 32.1. The number of likely N-dealkylation sites (tertiary alicyclic amines) is 1. The molecule has 0 aliphatic carbocycles. The third kappa shape index (κ3) is 6.34. The number of aromatic nitrogens is 3. The summed E-state index contributed by atoms with van der Waals surface area (Å²) in [6.45, 7) is 7.92. The van der Waals surface area contributed by atoms with E-state index >= 15 is 0 Å². The molecule has 0 bridgehead atoms. The average molecular weight is 586 g/mol. The van der Waals surface area contributed by atoms with E-state index in [1.54, 1.807) is 0 Å². The van der Waals surface area contributed by atoms with Gasteiger partial charge in [0.05, 0.1) is 35.9 Å². The minimum absolute atomic E-state index is 0.0529. The zero-order chi connectivity index (χ0) is 29.1. The van der Waals surface area contributed by atoms with Crippen LogP contribution in [0.2, 0.25) is 0 Å². The summed E-state index contributed by atoms with van der Waals surface area (Å²) >= 11 is 1.54. The van der Waals surface area contributed by atoms with Gasteiger partial charge in [-0.1, -0.05) is 24.3 Å². The Morgan fingerprint density at radius 3 is 2.69 bits per heavy atom. The molecule has 2 saturated heterocycles. The molecule has 1 atom stereocenters. The van der Waals surface area contributed by atoms with Crippen molar-refractivity contribution in [2.75, 3.05) is 44.7 Å². The van der Waals surface area contributed by atoms with Crippen LogP contribution in [0.5, 0.6) is 0 Å². The van der Waals surface area contributed by atoms with Crippen LogP contribution in [-0.4, -0.2) is 75.9 Å². The third-order valence-electron chi connectivity index (χ3n) is 8.46. The van der Waals surface area contributed by atoms with Gasteiger partial charge >= 0.3 is 0 Å². The number of rotatable bonds is 9. The molecule has 1 unspecified atom stereocenters. The molecule has 0 saturated carbocycles. The topological polar surface area (TPSA) is 86.6 Å². The minimum Gasteiger partial charge on any atom is -0.369 e. The minimum atomic E-state index is -0.121. The van der Waals surface area contributed by atoms with Crippen LogP contribution in [0.3, 0.4) is 0 Å². The van der Waals surface area contributed by atoms with Crippen LogP contribution in [0.25, 0.3) is 11.0 Å². The molecule has 6 rings (SSSR count). The highest BCUT2D eigenvalue weighted by Gasteiger charge is 2.30. The molecule has 2 amide bonds. The highest BCUT2D eigenvalue weighted by molar-refractivity contribution is 7.09. The first-order chi connectivity index (χ1) is 20.4. The van der Waals surface area contributed by atoms with Gasteiger partial charge in [-0.15, -0.1) is 11.3 Å². The van der Waals surface area contributed by atoms with Crippen molar-refractivity contribution >= 4 is 39.9 Å². The highest BCUT2D eigenvalue weighted by Crippen LogP contribution is 2.34. The summed E-state index contributed by atoms with van der Waals surface area (Å²) in [6, 6.07) is 16.9. The molecule has 9 nitrogen and oxygen atoms in total. The van der Waals surface area contributed by atoms with Gasteiger partial charge in [0, 0.05) is 56.6 Å². The second kappa shape index (κ2) is 12.6. The van der Waals surface area contributed by atoms with Crippen LogP contribution in [-0.2, 0) is 22.7 Å². The zero-order valence-electron chi connectivity index (χ0n) is 24.5. The van der Waals surface area contributed by atoms with Crippen molar-refractivity contribution in [2.24, 2.45) is 0 Å². The van der Waals surface area contributed by atoms with Gasteiger partial charge in [-0.25, -0.2) is 9.97 Å². The number of anilines is 1. The molecule has 2 aliphatic heterocycles. The fraction of sp³-hybridized carbons (Fsp3) is 0.438. The number of imidazole rings is 1. The van der Waals surface area contributed by atoms with E-state index in [4.69, 9.17) is 4.98 Å². The molecule has 42 heavy (non-hydrogen) atoms. The number of carbonyl (C=O) groups excluding carboxylic acids is 2. The molecule has 4 aromatic rings. The summed E-state index contributed by atoms with van der Waals surface area (Å²) in [5.74, 6) is 0.883. The monoisotopic (exact) mass is 585 g/mol. The summed E-state index contributed by atoms with van der Waals surface area (Å²) in [5, 5.41) is 5.84. The van der Waals surface area contributed by atoms with Crippen molar-refractivity contribution in [3.8, 4) is 0 Å². The van der Waals surface area contributed by atoms with Crippen molar-refractivity contribution in [3.63, 3.8) is 0 Å². The number of aryl methyl sites for hydroxylation is 1. The van der Waals surface area contributed by atoms with E-state index in [0.717, 1.165) is 73.1 Å². The Morgan fingerprint density at radius 2 is 1.83 bits per heavy atom. The fourth-order valence-corrected chi connectivity index (χ4v) is 6.82. The number of thiazole rings is 1. The molecule has 2 fully saturated rings. The Kier molecular flexibility index (Phi) is 8.53. The van der Waals surface area contributed by atoms with E-state index in [-0.39, 0.29) is 30.7 Å². The molecular weight excluding hydrogens is 546 g/mol. The maximum atomic E-state index is 13.2. The maximum Gasteiger partial charge on any atom is 0.223 e. The van der Waals surface area contributed by atoms with Gasteiger partial charge in [0.25, 0.3) is 0 Å². The largest absolute Gasteiger partial charge is 0.369 e. The first kappa shape index (κ1) is 28.4. The van der Waals surface area contributed by atoms with Crippen LogP contribution < -0.4 is 10.2 Å². The number of piperazine rings is 1. The van der Waals surface area contributed by atoms with Gasteiger partial charge in [0.2, 0.25) is 11.8 Å². The lowest BCUT2D eigenvalue weighted by molar-refractivity contribution is -0.134. The van der Waals surface area contributed by atoms with Gasteiger partial charge in [-0.05, 0) is 56.6 Å². The van der Waals surface area contributed by atoms with Gasteiger partial charge in [0.1, 0.15) is 10.8 Å². The summed E-state index contributed by atoms with van der Waals surface area (Å²) in [7, 11) is 2.16. The maximum absolute atomic E-state index is 13.2. The van der Waals surface area contributed by atoms with Crippen molar-refractivity contribution in [3.05, 3.63) is 76.0 Å². The Morgan fingerprint density at radius 1 is 1.00 bits per heavy atom. The van der Waals surface area contributed by atoms with E-state index in [1.807, 2.05) is 35.4 Å². The standard InChI is InChI=1S/C32H39N7O2S/c1-23-34-27-9-3-4-10-29(27)39(23)21-25-22-42-31(35-25)20-33-30(40)12-13-32(41)38-14-6-11-28(38)24-7-5-8-26(19-24)37-17-15-36(2)16-18-37/h3-5,7-10,19,22,28H,6,11-18,20-21H2,1-2H3,(H,33,40). The average Bonchev–Trinajstić information content (AvgIpc) is 3.75. The van der Waals surface area contributed by atoms with Gasteiger partial charge < -0.3 is 24.6 Å². The van der Waals surface area contributed by atoms with Gasteiger partial charge in [-0.3, -0.25) is 9.59 Å². The number of nitrogens with one attached hydrogen (secondary N) is 1. The predicted octanol–water partition coefficient (Wildman–Crippen LogP) is 4.36. The Hall–Kier alpha value is -3.76. The Balaban J connectivity index is 0.991. The quantitative estimate of drug-likeness (QED) is 0.314. The Labute approximate surface area is 251 Å². The smallest absolute Gasteiger partial charge is 0.223 e. The van der Waals surface area contributed by atoms with Crippen molar-refractivity contribution in [1.29, 1.82) is 0 Å². The normalized spacial score (nSPS) is 17.7. The summed E-state index contributed by atoms with van der Waals surface area (Å²) in [6.07, 6.45) is 2.35. The molecule has 10 heteroatoms. The van der Waals surface area contributed by atoms with Crippen molar-refractivity contribution in [2.45, 2.75) is 51.7 Å². The first-order valence-corrected chi connectivity index (χ1v) is 15.8. The summed E-state index contributed by atoms with van der Waals surface area (Å²) in [4.78, 5) is 42.0. The second-order valence-corrected chi connectivity index (χ2v) is 12.3. The third-order valence-corrected chi connectivity index (χ3v) is 9.36. The summed E-state index contributed by atoms with van der Waals surface area (Å²) < 4.78 is 2.16. The zero-order valence-corrected chi connectivity index (χ0v) is 25.3. The number of hydrogen-bond acceptors (Lipinski definition) is 7. The predicted molar refractivity (Wildman–Crippen MR) is 167 cm³/mol. The fourth-order valence-electron chi connectivity index (χ4n) is 6.09. The number of hydrogen-bond donors (Lipinski definition) is 1. The number of fused-ring (bicyclic) bond motifs is 1. The molecule has 220 valence electrons. The van der Waals surface area contributed by atoms with Crippen molar-refractivity contribution < 1.29 is 9.59 Å². The molecule has 2 aromatic carbocycles. The van der Waals surface area contributed by atoms with E-state index in [2.05, 4.69) is 62.0 Å². The van der Waals surface area contributed by atoms with E-state index in [1.165, 1.54) is 22.6 Å². The molecule has 4 heterocycles. The van der Waals surface area contributed by atoms with Crippen LogP contribution >= 0.6 is 11.3 Å². The van der Waals surface area contributed by atoms with E-state index in [0.29, 0.717) is 13.1 Å². The lowest BCUT2D eigenvalue weighted by atomic mass is 10.0. The molecular formula is C32H39N7O2S. The van der Waals surface area contributed by atoms with Crippen LogP contribution in [0.1, 0.15) is 53.8 Å². The van der Waals surface area contributed by atoms with E-state index in [9.17, 15) is 9.59 Å². The number of benzene rings is 2. The molecule has 0 radical (unpaired) electrons. The molecule has 0 spiro atoms. The molecule has 2 aromatic heterocycles. The molecule has 2 aliphatic rings. The van der Waals surface area contributed by atoms with Crippen molar-refractivity contribution in [1.82, 2.24) is 29.7 Å². The number of nitrogens with zero attached hydrogens (tertiary/aromatic N) is 6. The lowest BCUT2D eigenvalue weighted by Gasteiger charge is -2.34. The number of para-hydroxylation sites is 2. The number of amides is 2. The summed E-state index contributed by atoms with van der Waals surface area (Å²) in [5.41, 5.74) is 5.44. The van der Waals surface area contributed by atoms with Gasteiger partial charge in [-0.2, -0.15) is 0 Å². The van der Waals surface area contributed by atoms with Crippen LogP contribution in [0.4, 0.5) is 5.69 Å². The van der Waals surface area contributed by atoms with Crippen LogP contribution in [0.15, 0.2) is 53.9 Å². The first-order valence-electron chi connectivity index (χ1n) is 14.9. The van der Waals surface area contributed by atoms with Crippen LogP contribution in [0, 0.1) is 6.92 Å². The number of carbonyl (C=O) groups is 2. The SMILES string of the molecule is Cc1nc2ccccc2n1Cc1csc(CNC(=O)CCC(=O)N2CCCC2c2cccc(N3CCN(C)CC3)c2)n1. The number of likely N-dealkylation sites (N-methyl/N-ethyl adjacent to an activating group) is 1. The second-order valence-electron chi connectivity index (χ2n) is 11.4. The Bertz CT molecular complexity index is 1560. The van der Waals surface area contributed by atoms with E-state index < -0.39 is 0 Å². The lowest BCUT2D eigenvalue weighted by Crippen LogP contribution is -2.44. The molecule has 1 N–H and O–H groups in total. The van der Waals surface area contributed by atoms with Gasteiger partial charge in [0.15, 0.2) is 0 Å².